The van der Waals surface area contributed by atoms with Crippen LogP contribution in [-0.2, 0) is 5.75 Å². The van der Waals surface area contributed by atoms with Crippen molar-refractivity contribution >= 4 is 23.5 Å². The minimum Gasteiger partial charge on any atom is -0.494 e. The van der Waals surface area contributed by atoms with Gasteiger partial charge >= 0.3 is 0 Å². The highest BCUT2D eigenvalue weighted by molar-refractivity contribution is 7.96. The molecule has 0 aliphatic heterocycles. The third-order valence-corrected chi connectivity index (χ3v) is 4.78. The van der Waals surface area contributed by atoms with Crippen LogP contribution in [0.25, 0.3) is 11.3 Å². The molecule has 140 valence electrons. The summed E-state index contributed by atoms with van der Waals surface area (Å²) in [7, 11) is 4.10. The maximum absolute atomic E-state index is 5.58. The summed E-state index contributed by atoms with van der Waals surface area (Å²) in [6.07, 6.45) is 1.58. The Morgan fingerprint density at radius 1 is 1.04 bits per heavy atom. The monoisotopic (exact) mass is 380 g/mol. The molecule has 0 radical (unpaired) electrons. The SMILES string of the molecule is CCOc1cccc(-c2cc(Nc3cccc(CSN(C)C)c3)ncn2)c1. The molecule has 0 saturated carbocycles. The lowest BCUT2D eigenvalue weighted by Gasteiger charge is -2.11. The summed E-state index contributed by atoms with van der Waals surface area (Å²) < 4.78 is 7.69. The number of hydrogen-bond donors (Lipinski definition) is 1. The zero-order chi connectivity index (χ0) is 19.1. The fourth-order valence-electron chi connectivity index (χ4n) is 2.59. The summed E-state index contributed by atoms with van der Waals surface area (Å²) in [5, 5.41) is 3.38. The quantitative estimate of drug-likeness (QED) is 0.555. The lowest BCUT2D eigenvalue weighted by atomic mass is 10.1. The molecule has 27 heavy (non-hydrogen) atoms. The van der Waals surface area contributed by atoms with Crippen molar-refractivity contribution < 1.29 is 4.74 Å². The molecule has 0 aliphatic carbocycles. The van der Waals surface area contributed by atoms with E-state index in [0.29, 0.717) is 6.61 Å². The molecule has 6 heteroatoms. The number of anilines is 2. The van der Waals surface area contributed by atoms with Gasteiger partial charge < -0.3 is 10.1 Å². The topological polar surface area (TPSA) is 50.3 Å². The van der Waals surface area contributed by atoms with E-state index in [4.69, 9.17) is 4.74 Å². The predicted molar refractivity (Wildman–Crippen MR) is 113 cm³/mol. The first-order valence-corrected chi connectivity index (χ1v) is 9.80. The Labute approximate surface area is 164 Å². The molecule has 3 aromatic rings. The Kier molecular flexibility index (Phi) is 6.68. The first kappa shape index (κ1) is 19.2. The zero-order valence-corrected chi connectivity index (χ0v) is 16.7. The molecule has 1 heterocycles. The molecule has 2 aromatic carbocycles. The van der Waals surface area contributed by atoms with Gasteiger partial charge in [-0.3, -0.25) is 4.31 Å². The maximum atomic E-state index is 5.58. The number of benzene rings is 2. The Hall–Kier alpha value is -2.57. The number of ether oxygens (including phenoxy) is 1. The van der Waals surface area contributed by atoms with Gasteiger partial charge in [-0.05, 0) is 50.8 Å². The van der Waals surface area contributed by atoms with E-state index >= 15 is 0 Å². The minimum atomic E-state index is 0.641. The first-order chi connectivity index (χ1) is 13.1. The Bertz CT molecular complexity index is 885. The third-order valence-electron chi connectivity index (χ3n) is 3.80. The molecule has 0 fully saturated rings. The van der Waals surface area contributed by atoms with Gasteiger partial charge in [0.25, 0.3) is 0 Å². The van der Waals surface area contributed by atoms with Crippen LogP contribution >= 0.6 is 11.9 Å². The van der Waals surface area contributed by atoms with E-state index in [0.717, 1.165) is 34.3 Å². The van der Waals surface area contributed by atoms with E-state index in [9.17, 15) is 0 Å². The largest absolute Gasteiger partial charge is 0.494 e. The Morgan fingerprint density at radius 3 is 2.70 bits per heavy atom. The van der Waals surface area contributed by atoms with Crippen LogP contribution in [0.1, 0.15) is 12.5 Å². The minimum absolute atomic E-state index is 0.641. The second-order valence-electron chi connectivity index (χ2n) is 6.16. The van der Waals surface area contributed by atoms with Crippen molar-refractivity contribution in [2.45, 2.75) is 12.7 Å². The molecular formula is C21H24N4OS. The highest BCUT2D eigenvalue weighted by Crippen LogP contribution is 2.25. The van der Waals surface area contributed by atoms with Gasteiger partial charge in [0.15, 0.2) is 0 Å². The molecule has 0 saturated heterocycles. The summed E-state index contributed by atoms with van der Waals surface area (Å²) in [5.41, 5.74) is 4.13. The second kappa shape index (κ2) is 9.39. The lowest BCUT2D eigenvalue weighted by molar-refractivity contribution is 0.340. The smallest absolute Gasteiger partial charge is 0.134 e. The highest BCUT2D eigenvalue weighted by atomic mass is 32.2. The van der Waals surface area contributed by atoms with Gasteiger partial charge in [-0.2, -0.15) is 0 Å². The van der Waals surface area contributed by atoms with Crippen molar-refractivity contribution in [1.29, 1.82) is 0 Å². The van der Waals surface area contributed by atoms with Gasteiger partial charge in [0.05, 0.1) is 12.3 Å². The summed E-state index contributed by atoms with van der Waals surface area (Å²) in [6.45, 7) is 2.62. The fraction of sp³-hybridized carbons (Fsp3) is 0.238. The zero-order valence-electron chi connectivity index (χ0n) is 15.8. The van der Waals surface area contributed by atoms with Crippen molar-refractivity contribution in [1.82, 2.24) is 14.3 Å². The van der Waals surface area contributed by atoms with Crippen LogP contribution in [0.3, 0.4) is 0 Å². The van der Waals surface area contributed by atoms with Crippen LogP contribution in [0.2, 0.25) is 0 Å². The highest BCUT2D eigenvalue weighted by Gasteiger charge is 2.05. The molecule has 0 bridgehead atoms. The van der Waals surface area contributed by atoms with Crippen molar-refractivity contribution in [3.8, 4) is 17.0 Å². The van der Waals surface area contributed by atoms with Crippen LogP contribution in [0.4, 0.5) is 11.5 Å². The number of rotatable bonds is 8. The molecule has 5 nitrogen and oxygen atoms in total. The van der Waals surface area contributed by atoms with Gasteiger partial charge in [0.2, 0.25) is 0 Å². The van der Waals surface area contributed by atoms with Gasteiger partial charge in [0, 0.05) is 23.1 Å². The van der Waals surface area contributed by atoms with Gasteiger partial charge in [0.1, 0.15) is 17.9 Å². The maximum Gasteiger partial charge on any atom is 0.134 e. The van der Waals surface area contributed by atoms with Crippen molar-refractivity contribution in [2.75, 3.05) is 26.0 Å². The Morgan fingerprint density at radius 2 is 1.89 bits per heavy atom. The summed E-state index contributed by atoms with van der Waals surface area (Å²) in [5.74, 6) is 2.54. The molecule has 1 N–H and O–H groups in total. The molecule has 0 spiro atoms. The summed E-state index contributed by atoms with van der Waals surface area (Å²) >= 11 is 1.77. The first-order valence-electron chi connectivity index (χ1n) is 8.85. The molecule has 0 aliphatic rings. The average molecular weight is 381 g/mol. The number of aromatic nitrogens is 2. The van der Waals surface area contributed by atoms with Gasteiger partial charge in [-0.25, -0.2) is 9.97 Å². The molecule has 0 amide bonds. The van der Waals surface area contributed by atoms with Crippen molar-refractivity contribution in [3.63, 3.8) is 0 Å². The van der Waals surface area contributed by atoms with Crippen molar-refractivity contribution in [3.05, 3.63) is 66.5 Å². The number of nitrogens with one attached hydrogen (secondary N) is 1. The van der Waals surface area contributed by atoms with Crippen LogP contribution in [-0.4, -0.2) is 35.0 Å². The van der Waals surface area contributed by atoms with E-state index in [1.807, 2.05) is 43.3 Å². The van der Waals surface area contributed by atoms with Gasteiger partial charge in [-0.1, -0.05) is 36.2 Å². The summed E-state index contributed by atoms with van der Waals surface area (Å²) in [6, 6.07) is 18.3. The molecule has 1 aromatic heterocycles. The Balaban J connectivity index is 1.76. The molecule has 3 rings (SSSR count). The van der Waals surface area contributed by atoms with Crippen LogP contribution < -0.4 is 10.1 Å². The van der Waals surface area contributed by atoms with Crippen LogP contribution in [0, 0.1) is 0 Å². The van der Waals surface area contributed by atoms with E-state index in [1.54, 1.807) is 18.3 Å². The number of hydrogen-bond acceptors (Lipinski definition) is 6. The summed E-state index contributed by atoms with van der Waals surface area (Å²) in [4.78, 5) is 8.76. The normalized spacial score (nSPS) is 10.8. The third kappa shape index (κ3) is 5.70. The van der Waals surface area contributed by atoms with Crippen LogP contribution in [0.15, 0.2) is 60.9 Å². The van der Waals surface area contributed by atoms with E-state index in [1.165, 1.54) is 5.56 Å². The van der Waals surface area contributed by atoms with E-state index in [-0.39, 0.29) is 0 Å². The van der Waals surface area contributed by atoms with E-state index < -0.39 is 0 Å². The number of nitrogens with zero attached hydrogens (tertiary/aromatic N) is 3. The molecule has 0 atom stereocenters. The van der Waals surface area contributed by atoms with Crippen LogP contribution in [0.5, 0.6) is 5.75 Å². The van der Waals surface area contributed by atoms with Crippen molar-refractivity contribution in [2.24, 2.45) is 0 Å². The molecular weight excluding hydrogens is 356 g/mol. The average Bonchev–Trinajstić information content (AvgIpc) is 2.67. The standard InChI is InChI=1S/C21H24N4OS/c1-4-26-19-10-6-8-17(12-19)20-13-21(23-15-22-20)24-18-9-5-7-16(11-18)14-27-25(2)3/h5-13,15H,4,14H2,1-3H3,(H,22,23,24). The second-order valence-corrected chi connectivity index (χ2v) is 7.44. The predicted octanol–water partition coefficient (Wildman–Crippen LogP) is 5.00. The van der Waals surface area contributed by atoms with E-state index in [2.05, 4.69) is 51.9 Å². The lowest BCUT2D eigenvalue weighted by Crippen LogP contribution is -2.00. The fourth-order valence-corrected chi connectivity index (χ4v) is 3.17. The molecule has 0 unspecified atom stereocenters. The van der Waals surface area contributed by atoms with Gasteiger partial charge in [-0.15, -0.1) is 0 Å².